The van der Waals surface area contributed by atoms with Gasteiger partial charge in [0.05, 0.1) is 79.0 Å². The second-order valence-electron chi connectivity index (χ2n) is 39.1. The van der Waals surface area contributed by atoms with Crippen LogP contribution in [0.15, 0.2) is 97.1 Å². The lowest BCUT2D eigenvalue weighted by Gasteiger charge is -2.34. The first-order chi connectivity index (χ1) is 46.9. The zero-order chi connectivity index (χ0) is 75.2. The van der Waals surface area contributed by atoms with E-state index in [2.05, 4.69) is 257 Å². The number of nitrogens with zero attached hydrogens (tertiary/aromatic N) is 2. The molecule has 0 unspecified atom stereocenters. The van der Waals surface area contributed by atoms with E-state index >= 15 is 8.78 Å². The molecule has 11 rings (SSSR count). The maximum Gasteiger partial charge on any atom is 0.147 e. The summed E-state index contributed by atoms with van der Waals surface area (Å²) in [6, 6.07) is 33.9. The Bertz CT molecular complexity index is 4970. The van der Waals surface area contributed by atoms with Crippen molar-refractivity contribution in [3.63, 3.8) is 0 Å². The summed E-state index contributed by atoms with van der Waals surface area (Å²) in [6.45, 7) is 65.4. The van der Waals surface area contributed by atoms with Crippen LogP contribution in [0.25, 0.3) is 77.2 Å². The van der Waals surface area contributed by atoms with Crippen molar-refractivity contribution in [2.75, 3.05) is 13.2 Å². The summed E-state index contributed by atoms with van der Waals surface area (Å²) in [4.78, 5) is 0. The molecule has 0 saturated heterocycles. The van der Waals surface area contributed by atoms with Gasteiger partial charge in [-0.2, -0.15) is 0 Å². The highest BCUT2D eigenvalue weighted by molar-refractivity contribution is 6.94. The molecule has 2 aromatic heterocycles. The summed E-state index contributed by atoms with van der Waals surface area (Å²) in [5, 5.41) is 37.7. The van der Waals surface area contributed by atoms with Crippen LogP contribution < -0.4 is 30.2 Å². The third-order valence-electron chi connectivity index (χ3n) is 22.1. The van der Waals surface area contributed by atoms with E-state index in [0.717, 1.165) is 77.3 Å². The van der Waals surface area contributed by atoms with Crippen molar-refractivity contribution in [3.05, 3.63) is 153 Å². The lowest BCUT2D eigenvalue weighted by Crippen LogP contribution is -2.46. The number of aryl methyl sites for hydroxylation is 6. The smallest absolute Gasteiger partial charge is 0.147 e. The molecule has 2 heterocycles. The number of benzene rings is 8. The van der Waals surface area contributed by atoms with E-state index < -0.39 is 43.9 Å². The van der Waals surface area contributed by atoms with E-state index in [9.17, 15) is 10.2 Å². The zero-order valence-electron chi connectivity index (χ0n) is 67.4. The Kier molecular flexibility index (Phi) is 20.0. The number of halogens is 2. The Morgan fingerprint density at radius 1 is 0.392 bits per heavy atom. The van der Waals surface area contributed by atoms with Gasteiger partial charge in [0, 0.05) is 43.8 Å². The summed E-state index contributed by atoms with van der Waals surface area (Å²) < 4.78 is 52.5. The van der Waals surface area contributed by atoms with Crippen LogP contribution in [0.2, 0.25) is 78.6 Å². The van der Waals surface area contributed by atoms with Gasteiger partial charge in [-0.25, -0.2) is 8.78 Å². The molecule has 8 aromatic carbocycles. The molecule has 0 spiro atoms. The summed E-state index contributed by atoms with van der Waals surface area (Å²) >= 11 is 0. The predicted octanol–water partition coefficient (Wildman–Crippen LogP) is 23.6. The topological polar surface area (TPSA) is 68.8 Å². The van der Waals surface area contributed by atoms with Crippen LogP contribution in [-0.2, 0) is 10.8 Å². The summed E-state index contributed by atoms with van der Waals surface area (Å²) in [5.41, 5.74) is 15.0. The van der Waals surface area contributed by atoms with E-state index in [1.807, 2.05) is 13.8 Å². The number of hydrogen-bond acceptors (Lipinski definition) is 4. The lowest BCUT2D eigenvalue weighted by molar-refractivity contribution is 0.105. The number of hydrogen-bond donors (Lipinski definition) is 2. The highest BCUT2D eigenvalue weighted by atomic mass is 28.3. The fourth-order valence-electron chi connectivity index (χ4n) is 17.8. The Hall–Kier alpha value is -6.71. The molecule has 1 saturated carbocycles. The highest BCUT2D eigenvalue weighted by Crippen LogP contribution is 2.52. The normalized spacial score (nSPS) is 15.6. The zero-order valence-corrected chi connectivity index (χ0v) is 71.4. The molecule has 0 radical (unpaired) electrons. The van der Waals surface area contributed by atoms with Crippen molar-refractivity contribution in [1.82, 2.24) is 9.13 Å². The SMILES string of the molecule is Cc1cc(C)c2c3c(C)cc([Si](C)(C)C)cc3n(-c3cc(C(C)(C)CC(C)(C)C)cc(-c4cc(F)cc(C)c4OC[C@@H]4CCCC[C@H]4COc4c(C)cc(F)cc4-c4cc(C(C)(C)CC(C)(C)C)cc(-n5c6cc(C)cc([Si](C)(C)C)c6c6c([Si](C)(C)C)cc([Si](C)(C)C)cc65)c4O)c3O)c2c1. The molecule has 2 N–H and O–H groups in total. The standard InChI is InChI=1S/C90H120F2N2O4Si4/c1-53-33-55(3)79-71(34-53)93(73-46-65(99(17,18)19)39-56(4)80(73)79)75-42-61(89(13,14)51-87(7,8)9)40-67(83(75)95)69-44-63(91)37-57(5)85(69)97-49-59-31-29-30-32-60(59)50-98-86-58(6)38-64(92)45-70(86)68-41-62(90(15,16)52-88(10,11)12)43-76(84(68)96)94-72-35-54(2)36-77(101(23,24)25)81(72)82-74(94)47-66(100(20,21)22)48-78(82)102(26,27)28/h33-48,59-60,95-96H,29-32,49-52H2,1-28H3/t59-,60-/m0/s1. The maximum absolute atomic E-state index is 16.7. The second kappa shape index (κ2) is 26.7. The average Bonchev–Trinajstić information content (AvgIpc) is 1.56. The average molecular weight is 1440 g/mol. The first-order valence-corrected chi connectivity index (χ1v) is 51.8. The second-order valence-corrected chi connectivity index (χ2v) is 59.3. The minimum atomic E-state index is -2.02. The van der Waals surface area contributed by atoms with E-state index in [4.69, 9.17) is 9.47 Å². The van der Waals surface area contributed by atoms with Crippen LogP contribution in [0, 0.1) is 75.8 Å². The van der Waals surface area contributed by atoms with E-state index in [-0.39, 0.29) is 45.0 Å². The molecule has 12 heteroatoms. The predicted molar refractivity (Wildman–Crippen MR) is 447 cm³/mol. The van der Waals surface area contributed by atoms with Gasteiger partial charge in [0.1, 0.15) is 34.6 Å². The van der Waals surface area contributed by atoms with Crippen LogP contribution in [0.1, 0.15) is 152 Å². The number of phenols is 2. The Morgan fingerprint density at radius 2 is 0.745 bits per heavy atom. The number of aromatic nitrogens is 2. The highest BCUT2D eigenvalue weighted by Gasteiger charge is 2.38. The van der Waals surface area contributed by atoms with Crippen LogP contribution in [0.5, 0.6) is 23.0 Å². The van der Waals surface area contributed by atoms with Crippen molar-refractivity contribution in [2.24, 2.45) is 22.7 Å². The van der Waals surface area contributed by atoms with E-state index in [1.165, 1.54) is 59.0 Å². The van der Waals surface area contributed by atoms with Crippen LogP contribution in [0.4, 0.5) is 8.78 Å². The molecule has 2 atom stereocenters. The number of phenolic OH excluding ortho intramolecular Hbond substituents is 2. The molecule has 544 valence electrons. The van der Waals surface area contributed by atoms with Gasteiger partial charge in [0.25, 0.3) is 0 Å². The monoisotopic (exact) mass is 1440 g/mol. The first-order valence-electron chi connectivity index (χ1n) is 37.8. The Morgan fingerprint density at radius 3 is 1.14 bits per heavy atom. The third-order valence-corrected chi connectivity index (χ3v) is 30.2. The Labute approximate surface area is 614 Å². The largest absolute Gasteiger partial charge is 0.505 e. The molecule has 6 nitrogen and oxygen atoms in total. The molecule has 102 heavy (non-hydrogen) atoms. The summed E-state index contributed by atoms with van der Waals surface area (Å²) in [7, 11) is -7.78. The first kappa shape index (κ1) is 76.4. The number of rotatable bonds is 18. The molecular weight excluding hydrogens is 1320 g/mol. The molecule has 1 aliphatic carbocycles. The number of fused-ring (bicyclic) bond motifs is 6. The van der Waals surface area contributed by atoms with Gasteiger partial charge in [0.15, 0.2) is 0 Å². The maximum atomic E-state index is 16.7. The molecule has 1 fully saturated rings. The lowest BCUT2D eigenvalue weighted by atomic mass is 9.71. The fourth-order valence-corrected chi connectivity index (χ4v) is 23.6. The van der Waals surface area contributed by atoms with Crippen molar-refractivity contribution in [2.45, 2.75) is 239 Å². The minimum absolute atomic E-state index is 0.0335. The van der Waals surface area contributed by atoms with Crippen molar-refractivity contribution in [1.29, 1.82) is 0 Å². The van der Waals surface area contributed by atoms with Crippen molar-refractivity contribution >= 4 is 96.7 Å². The summed E-state index contributed by atoms with van der Waals surface area (Å²) in [6.07, 6.45) is 5.52. The number of ether oxygens (including phenoxy) is 2. The van der Waals surface area contributed by atoms with Crippen molar-refractivity contribution < 1.29 is 28.5 Å². The van der Waals surface area contributed by atoms with Gasteiger partial charge in [-0.1, -0.05) is 200 Å². The van der Waals surface area contributed by atoms with E-state index in [1.54, 1.807) is 24.3 Å². The fraction of sp³-hybridized carbons (Fsp3) is 0.467. The third kappa shape index (κ3) is 15.0. The minimum Gasteiger partial charge on any atom is -0.505 e. The van der Waals surface area contributed by atoms with Crippen LogP contribution in [0.3, 0.4) is 0 Å². The van der Waals surface area contributed by atoms with Gasteiger partial charge in [-0.05, 0) is 223 Å². The van der Waals surface area contributed by atoms with Crippen LogP contribution >= 0.6 is 0 Å². The molecule has 1 aliphatic rings. The molecule has 0 aliphatic heterocycles. The van der Waals surface area contributed by atoms with Gasteiger partial charge in [-0.15, -0.1) is 0 Å². The van der Waals surface area contributed by atoms with Gasteiger partial charge in [-0.3, -0.25) is 0 Å². The molecule has 0 amide bonds. The molecule has 0 bridgehead atoms. The van der Waals surface area contributed by atoms with Gasteiger partial charge in [0.2, 0.25) is 0 Å². The summed E-state index contributed by atoms with van der Waals surface area (Å²) in [5.74, 6) is 0.523. The van der Waals surface area contributed by atoms with Crippen molar-refractivity contribution in [3.8, 4) is 56.6 Å². The van der Waals surface area contributed by atoms with Crippen LogP contribution in [-0.4, -0.2) is 64.9 Å². The quantitative estimate of drug-likeness (QED) is 0.0840. The van der Waals surface area contributed by atoms with Gasteiger partial charge >= 0.3 is 0 Å². The number of aromatic hydroxyl groups is 2. The molecular formula is C90H120F2N2O4Si4. The van der Waals surface area contributed by atoms with Gasteiger partial charge < -0.3 is 28.8 Å². The van der Waals surface area contributed by atoms with E-state index in [0.29, 0.717) is 69.5 Å². The Balaban J connectivity index is 1.04. The molecule has 10 aromatic rings.